The number of rotatable bonds is 12. The highest BCUT2D eigenvalue weighted by Crippen LogP contribution is 2.26. The summed E-state index contributed by atoms with van der Waals surface area (Å²) in [4.78, 5) is 9.08. The lowest BCUT2D eigenvalue weighted by molar-refractivity contribution is -0.0505. The first-order chi connectivity index (χ1) is 15.0. The van der Waals surface area contributed by atoms with Crippen molar-refractivity contribution in [1.29, 1.82) is 0 Å². The van der Waals surface area contributed by atoms with Gasteiger partial charge in [0.25, 0.3) is 0 Å². The van der Waals surface area contributed by atoms with Crippen LogP contribution in [0.25, 0.3) is 0 Å². The molecule has 0 saturated carbocycles. The number of aliphatic imine (C=N–C) groups is 1. The van der Waals surface area contributed by atoms with E-state index >= 15 is 0 Å². The van der Waals surface area contributed by atoms with Crippen molar-refractivity contribution in [3.8, 4) is 11.5 Å². The number of hydrogen-bond donors (Lipinski definition) is 2. The summed E-state index contributed by atoms with van der Waals surface area (Å²) in [6.45, 7) is 6.40. The molecule has 2 N–H and O–H groups in total. The van der Waals surface area contributed by atoms with Crippen LogP contribution in [0.15, 0.2) is 23.2 Å². The second kappa shape index (κ2) is 16.2. The highest BCUT2D eigenvalue weighted by Gasteiger charge is 2.13. The molecule has 0 radical (unpaired) electrons. The first-order valence-electron chi connectivity index (χ1n) is 11.1. The standard InChI is InChI=1S/C22H37F2N5O2.HI/c1-4-15-30-19-8-7-18(20(16-19)31-21(23)24)17-27-22(25-2)26-9-5-6-10-29-13-11-28(3)12-14-29;/h7-8,16,21H,4-6,9-15,17H2,1-3H3,(H2,25,26,27);1H. The fraction of sp³-hybridized carbons (Fsp3) is 0.682. The topological polar surface area (TPSA) is 61.4 Å². The Hall–Kier alpha value is -1.40. The maximum Gasteiger partial charge on any atom is 0.387 e. The van der Waals surface area contributed by atoms with Gasteiger partial charge in [-0.2, -0.15) is 8.78 Å². The molecule has 1 aliphatic rings. The number of halogens is 3. The summed E-state index contributed by atoms with van der Waals surface area (Å²) >= 11 is 0. The highest BCUT2D eigenvalue weighted by molar-refractivity contribution is 14.0. The van der Waals surface area contributed by atoms with Gasteiger partial charge in [0, 0.05) is 57.9 Å². The van der Waals surface area contributed by atoms with Crippen LogP contribution < -0.4 is 20.1 Å². The lowest BCUT2D eigenvalue weighted by Crippen LogP contribution is -2.44. The van der Waals surface area contributed by atoms with Crippen LogP contribution in [-0.4, -0.2) is 82.3 Å². The van der Waals surface area contributed by atoms with Crippen LogP contribution in [0.5, 0.6) is 11.5 Å². The number of piperazine rings is 1. The zero-order valence-electron chi connectivity index (χ0n) is 19.4. The van der Waals surface area contributed by atoms with Crippen LogP contribution in [0.1, 0.15) is 31.7 Å². The van der Waals surface area contributed by atoms with E-state index in [1.807, 2.05) is 6.92 Å². The maximum atomic E-state index is 12.8. The number of alkyl halides is 2. The molecule has 1 heterocycles. The second-order valence-electron chi connectivity index (χ2n) is 7.70. The largest absolute Gasteiger partial charge is 0.493 e. The van der Waals surface area contributed by atoms with Gasteiger partial charge < -0.3 is 29.9 Å². The van der Waals surface area contributed by atoms with Gasteiger partial charge in [0.15, 0.2) is 5.96 Å². The average Bonchev–Trinajstić information content (AvgIpc) is 2.76. The molecular weight excluding hydrogens is 531 g/mol. The monoisotopic (exact) mass is 569 g/mol. The molecule has 1 aromatic rings. The first kappa shape index (κ1) is 28.6. The van der Waals surface area contributed by atoms with E-state index < -0.39 is 6.61 Å². The van der Waals surface area contributed by atoms with Gasteiger partial charge in [0.1, 0.15) is 11.5 Å². The predicted molar refractivity (Wildman–Crippen MR) is 136 cm³/mol. The van der Waals surface area contributed by atoms with E-state index in [9.17, 15) is 8.78 Å². The lowest BCUT2D eigenvalue weighted by atomic mass is 10.2. The fourth-order valence-corrected chi connectivity index (χ4v) is 3.33. The van der Waals surface area contributed by atoms with Crippen LogP contribution in [0.3, 0.4) is 0 Å². The van der Waals surface area contributed by atoms with Crippen LogP contribution in [0, 0.1) is 0 Å². The van der Waals surface area contributed by atoms with Crippen LogP contribution in [0.4, 0.5) is 8.78 Å². The Morgan fingerprint density at radius 1 is 1.16 bits per heavy atom. The first-order valence-corrected chi connectivity index (χ1v) is 11.1. The molecule has 0 aromatic heterocycles. The molecule has 0 atom stereocenters. The molecule has 32 heavy (non-hydrogen) atoms. The van der Waals surface area contributed by atoms with Crippen LogP contribution in [-0.2, 0) is 6.54 Å². The quantitative estimate of drug-likeness (QED) is 0.174. The number of ether oxygens (including phenoxy) is 2. The summed E-state index contributed by atoms with van der Waals surface area (Å²) in [6.07, 6.45) is 3.00. The highest BCUT2D eigenvalue weighted by atomic mass is 127. The van der Waals surface area contributed by atoms with Crippen molar-refractivity contribution < 1.29 is 18.3 Å². The van der Waals surface area contributed by atoms with Crippen molar-refractivity contribution in [2.24, 2.45) is 4.99 Å². The summed E-state index contributed by atoms with van der Waals surface area (Å²) in [5.74, 6) is 1.26. The fourth-order valence-electron chi connectivity index (χ4n) is 3.33. The Balaban J connectivity index is 0.00000512. The molecule has 1 aliphatic heterocycles. The zero-order valence-corrected chi connectivity index (χ0v) is 21.7. The van der Waals surface area contributed by atoms with Gasteiger partial charge in [0.2, 0.25) is 0 Å². The average molecular weight is 569 g/mol. The second-order valence-corrected chi connectivity index (χ2v) is 7.70. The number of likely N-dealkylation sites (N-methyl/N-ethyl adjacent to an activating group) is 1. The van der Waals surface area contributed by atoms with E-state index in [1.54, 1.807) is 19.2 Å². The van der Waals surface area contributed by atoms with E-state index in [4.69, 9.17) is 4.74 Å². The Labute approximate surface area is 207 Å². The Kier molecular flexibility index (Phi) is 14.5. The number of nitrogens with one attached hydrogen (secondary N) is 2. The van der Waals surface area contributed by atoms with Crippen molar-refractivity contribution in [3.63, 3.8) is 0 Å². The number of benzene rings is 1. The summed E-state index contributed by atoms with van der Waals surface area (Å²) in [7, 11) is 3.86. The Bertz CT molecular complexity index is 674. The molecule has 10 heteroatoms. The number of unbranched alkanes of at least 4 members (excludes halogenated alkanes) is 1. The van der Waals surface area contributed by atoms with Crippen molar-refractivity contribution in [2.45, 2.75) is 39.3 Å². The van der Waals surface area contributed by atoms with Crippen LogP contribution >= 0.6 is 24.0 Å². The molecule has 0 amide bonds. The number of nitrogens with zero attached hydrogens (tertiary/aromatic N) is 3. The van der Waals surface area contributed by atoms with E-state index in [-0.39, 0.29) is 29.7 Å². The maximum absolute atomic E-state index is 12.8. The summed E-state index contributed by atoms with van der Waals surface area (Å²) < 4.78 is 35.8. The smallest absolute Gasteiger partial charge is 0.387 e. The molecule has 1 saturated heterocycles. The third-order valence-corrected chi connectivity index (χ3v) is 5.19. The normalized spacial score (nSPS) is 15.4. The van der Waals surface area contributed by atoms with E-state index in [2.05, 4.69) is 37.2 Å². The molecule has 0 aliphatic carbocycles. The molecule has 0 bridgehead atoms. The number of guanidine groups is 1. The molecule has 1 fully saturated rings. The molecule has 1 aromatic carbocycles. The Morgan fingerprint density at radius 2 is 1.91 bits per heavy atom. The minimum atomic E-state index is -2.89. The lowest BCUT2D eigenvalue weighted by Gasteiger charge is -2.32. The summed E-state index contributed by atoms with van der Waals surface area (Å²) in [5.41, 5.74) is 0.613. The minimum Gasteiger partial charge on any atom is -0.493 e. The summed E-state index contributed by atoms with van der Waals surface area (Å²) in [6, 6.07) is 5.01. The van der Waals surface area contributed by atoms with E-state index in [1.165, 1.54) is 6.07 Å². The van der Waals surface area contributed by atoms with Crippen LogP contribution in [0.2, 0.25) is 0 Å². The van der Waals surface area contributed by atoms with Crippen molar-refractivity contribution in [1.82, 2.24) is 20.4 Å². The molecular formula is C22H38F2IN5O2. The third kappa shape index (κ3) is 11.0. The molecule has 184 valence electrons. The molecule has 0 spiro atoms. The van der Waals surface area contributed by atoms with Gasteiger partial charge in [-0.05, 0) is 45.0 Å². The van der Waals surface area contributed by atoms with Gasteiger partial charge in [-0.1, -0.05) is 6.92 Å². The van der Waals surface area contributed by atoms with E-state index in [0.29, 0.717) is 30.4 Å². The van der Waals surface area contributed by atoms with Gasteiger partial charge in [-0.25, -0.2) is 0 Å². The van der Waals surface area contributed by atoms with Gasteiger partial charge >= 0.3 is 6.61 Å². The van der Waals surface area contributed by atoms with Gasteiger partial charge in [-0.15, -0.1) is 24.0 Å². The van der Waals surface area contributed by atoms with Gasteiger partial charge in [0.05, 0.1) is 6.61 Å². The third-order valence-electron chi connectivity index (χ3n) is 5.19. The SMILES string of the molecule is CCCOc1ccc(CNC(=NC)NCCCCN2CCN(C)CC2)c(OC(F)F)c1.I. The van der Waals surface area contributed by atoms with Crippen molar-refractivity contribution in [2.75, 3.05) is 60.0 Å². The summed E-state index contributed by atoms with van der Waals surface area (Å²) in [5, 5.41) is 6.45. The molecule has 0 unspecified atom stereocenters. The predicted octanol–water partition coefficient (Wildman–Crippen LogP) is 3.39. The van der Waals surface area contributed by atoms with Crippen molar-refractivity contribution in [3.05, 3.63) is 23.8 Å². The Morgan fingerprint density at radius 3 is 2.56 bits per heavy atom. The molecule has 2 rings (SSSR count). The minimum absolute atomic E-state index is 0. The molecule has 7 nitrogen and oxygen atoms in total. The van der Waals surface area contributed by atoms with E-state index in [0.717, 1.165) is 58.5 Å². The zero-order chi connectivity index (χ0) is 22.5. The number of hydrogen-bond acceptors (Lipinski definition) is 5. The van der Waals surface area contributed by atoms with Gasteiger partial charge in [-0.3, -0.25) is 4.99 Å². The van der Waals surface area contributed by atoms with Crippen molar-refractivity contribution >= 4 is 29.9 Å².